The van der Waals surface area contributed by atoms with Gasteiger partial charge in [0, 0.05) is 27.7 Å². The molecule has 2 N–H and O–H groups in total. The van der Waals surface area contributed by atoms with Crippen molar-refractivity contribution < 1.29 is 4.79 Å². The lowest BCUT2D eigenvalue weighted by Crippen LogP contribution is -2.35. The Labute approximate surface area is 124 Å². The second kappa shape index (κ2) is 5.29. The van der Waals surface area contributed by atoms with E-state index in [2.05, 4.69) is 10.6 Å². The number of nitrogens with one attached hydrogen (secondary N) is 2. The fourth-order valence-corrected chi connectivity index (χ4v) is 3.91. The lowest BCUT2D eigenvalue weighted by atomic mass is 10.2. The Bertz CT molecular complexity index is 635. The van der Waals surface area contributed by atoms with Crippen molar-refractivity contribution in [2.24, 2.45) is 0 Å². The second-order valence-corrected chi connectivity index (χ2v) is 6.50. The molecule has 0 spiro atoms. The van der Waals surface area contributed by atoms with Crippen LogP contribution in [0.1, 0.15) is 16.1 Å². The lowest BCUT2D eigenvalue weighted by Gasteiger charge is -2.09. The van der Waals surface area contributed by atoms with Gasteiger partial charge in [-0.3, -0.25) is 4.79 Å². The number of thiophene rings is 1. The maximum absolute atomic E-state index is 12.2. The first-order chi connectivity index (χ1) is 9.13. The number of benzene rings is 1. The van der Waals surface area contributed by atoms with Gasteiger partial charge in [0.1, 0.15) is 0 Å². The maximum Gasteiger partial charge on any atom is 0.261 e. The highest BCUT2D eigenvalue weighted by Gasteiger charge is 2.19. The monoisotopic (exact) mass is 314 g/mol. The van der Waals surface area contributed by atoms with Crippen LogP contribution in [0.5, 0.6) is 0 Å². The molecule has 1 aliphatic heterocycles. The normalized spacial score (nSPS) is 18.9. The first-order valence-electron chi connectivity index (χ1n) is 6.03. The molecule has 0 unspecified atom stereocenters. The van der Waals surface area contributed by atoms with Crippen LogP contribution in [-0.4, -0.2) is 25.0 Å². The Morgan fingerprint density at radius 3 is 2.95 bits per heavy atom. The first kappa shape index (κ1) is 13.2. The Hall–Kier alpha value is -0.810. The van der Waals surface area contributed by atoms with Crippen molar-refractivity contribution in [1.82, 2.24) is 10.6 Å². The number of hydrogen-bond acceptors (Lipinski definition) is 3. The van der Waals surface area contributed by atoms with Gasteiger partial charge in [0.15, 0.2) is 0 Å². The summed E-state index contributed by atoms with van der Waals surface area (Å²) in [5.41, 5.74) is 0. The molecule has 0 aliphatic carbocycles. The summed E-state index contributed by atoms with van der Waals surface area (Å²) in [4.78, 5) is 12.8. The van der Waals surface area contributed by atoms with Gasteiger partial charge in [-0.05, 0) is 31.2 Å². The highest BCUT2D eigenvalue weighted by molar-refractivity contribution is 7.21. The molecule has 1 aliphatic rings. The average Bonchev–Trinajstić information content (AvgIpc) is 2.97. The van der Waals surface area contributed by atoms with E-state index in [-0.39, 0.29) is 11.9 Å². The van der Waals surface area contributed by atoms with Crippen LogP contribution in [0.15, 0.2) is 18.2 Å². The zero-order valence-corrected chi connectivity index (χ0v) is 12.3. The number of fused-ring (bicyclic) bond motifs is 1. The van der Waals surface area contributed by atoms with Crippen LogP contribution >= 0.6 is 34.5 Å². The molecule has 0 bridgehead atoms. The molecule has 1 fully saturated rings. The maximum atomic E-state index is 12.2. The first-order valence-corrected chi connectivity index (χ1v) is 7.61. The molecular weight excluding hydrogens is 303 g/mol. The summed E-state index contributed by atoms with van der Waals surface area (Å²) in [6.45, 7) is 1.79. The molecule has 1 aromatic carbocycles. The molecule has 3 nitrogen and oxygen atoms in total. The fourth-order valence-electron chi connectivity index (χ4n) is 2.21. The molecule has 1 amide bonds. The van der Waals surface area contributed by atoms with E-state index in [1.54, 1.807) is 6.07 Å². The van der Waals surface area contributed by atoms with Crippen molar-refractivity contribution in [2.75, 3.05) is 13.1 Å². The smallest absolute Gasteiger partial charge is 0.261 e. The Balaban J connectivity index is 1.88. The van der Waals surface area contributed by atoms with Crippen LogP contribution < -0.4 is 10.6 Å². The number of rotatable bonds is 2. The number of amides is 1. The molecule has 1 saturated heterocycles. The van der Waals surface area contributed by atoms with E-state index in [0.29, 0.717) is 14.9 Å². The van der Waals surface area contributed by atoms with Crippen LogP contribution in [0.3, 0.4) is 0 Å². The van der Waals surface area contributed by atoms with Crippen molar-refractivity contribution in [3.63, 3.8) is 0 Å². The Morgan fingerprint density at radius 2 is 2.21 bits per heavy atom. The predicted molar refractivity (Wildman–Crippen MR) is 80.6 cm³/mol. The molecular formula is C13H12Cl2N2OS. The second-order valence-electron chi connectivity index (χ2n) is 4.57. The third-order valence-electron chi connectivity index (χ3n) is 3.17. The summed E-state index contributed by atoms with van der Waals surface area (Å²) in [5, 5.41) is 8.30. The highest BCUT2D eigenvalue weighted by Crippen LogP contribution is 2.34. The van der Waals surface area contributed by atoms with Gasteiger partial charge < -0.3 is 10.6 Å². The topological polar surface area (TPSA) is 41.1 Å². The van der Waals surface area contributed by atoms with Crippen molar-refractivity contribution in [1.29, 1.82) is 0 Å². The van der Waals surface area contributed by atoms with Gasteiger partial charge in [0.2, 0.25) is 0 Å². The van der Waals surface area contributed by atoms with Gasteiger partial charge >= 0.3 is 0 Å². The van der Waals surface area contributed by atoms with Crippen molar-refractivity contribution in [3.05, 3.63) is 33.1 Å². The molecule has 2 aromatic rings. The Morgan fingerprint density at radius 1 is 1.37 bits per heavy atom. The standard InChI is InChI=1S/C13H12Cl2N2OS/c14-7-3-10(15)9-5-12(19-11(9)4-7)13(18)17-8-1-2-16-6-8/h3-5,8,16H,1-2,6H2,(H,17,18)/t8-/m0/s1. The summed E-state index contributed by atoms with van der Waals surface area (Å²) in [7, 11) is 0. The van der Waals surface area contributed by atoms with Crippen molar-refractivity contribution >= 4 is 50.5 Å². The van der Waals surface area contributed by atoms with Crippen molar-refractivity contribution in [2.45, 2.75) is 12.5 Å². The van der Waals surface area contributed by atoms with Gasteiger partial charge in [-0.15, -0.1) is 11.3 Å². The third-order valence-corrected chi connectivity index (χ3v) is 4.78. The third kappa shape index (κ3) is 2.72. The number of hydrogen-bond donors (Lipinski definition) is 2. The quantitative estimate of drug-likeness (QED) is 0.893. The lowest BCUT2D eigenvalue weighted by molar-refractivity contribution is 0.0944. The molecule has 19 heavy (non-hydrogen) atoms. The van der Waals surface area contributed by atoms with E-state index in [0.717, 1.165) is 29.6 Å². The summed E-state index contributed by atoms with van der Waals surface area (Å²) in [6, 6.07) is 5.58. The van der Waals surface area contributed by atoms with Crippen LogP contribution in [0.2, 0.25) is 10.0 Å². The summed E-state index contributed by atoms with van der Waals surface area (Å²) < 4.78 is 0.937. The molecule has 1 atom stereocenters. The predicted octanol–water partition coefficient (Wildman–Crippen LogP) is 3.30. The molecule has 100 valence electrons. The summed E-state index contributed by atoms with van der Waals surface area (Å²) in [6.07, 6.45) is 0.975. The van der Waals surface area contributed by atoms with Gasteiger partial charge in [-0.25, -0.2) is 0 Å². The van der Waals surface area contributed by atoms with Crippen LogP contribution in [0, 0.1) is 0 Å². The van der Waals surface area contributed by atoms with E-state index in [1.165, 1.54) is 11.3 Å². The minimum Gasteiger partial charge on any atom is -0.347 e. The molecule has 6 heteroatoms. The number of carbonyl (C=O) groups excluding carboxylic acids is 1. The van der Waals surface area contributed by atoms with Crippen molar-refractivity contribution in [3.8, 4) is 0 Å². The van der Waals surface area contributed by atoms with Crippen LogP contribution in [0.4, 0.5) is 0 Å². The van der Waals surface area contributed by atoms with Gasteiger partial charge in [-0.2, -0.15) is 0 Å². The molecule has 2 heterocycles. The largest absolute Gasteiger partial charge is 0.347 e. The van der Waals surface area contributed by atoms with E-state index in [1.807, 2.05) is 12.1 Å². The zero-order valence-electron chi connectivity index (χ0n) is 10.0. The zero-order chi connectivity index (χ0) is 13.4. The van der Waals surface area contributed by atoms with E-state index >= 15 is 0 Å². The molecule has 0 saturated carbocycles. The van der Waals surface area contributed by atoms with E-state index in [9.17, 15) is 4.79 Å². The van der Waals surface area contributed by atoms with Crippen LogP contribution in [0.25, 0.3) is 10.1 Å². The minimum absolute atomic E-state index is 0.0397. The molecule has 1 aromatic heterocycles. The Kier molecular flexibility index (Phi) is 3.67. The van der Waals surface area contributed by atoms with Gasteiger partial charge in [0.05, 0.1) is 9.90 Å². The van der Waals surface area contributed by atoms with E-state index < -0.39 is 0 Å². The minimum atomic E-state index is -0.0397. The van der Waals surface area contributed by atoms with Gasteiger partial charge in [0.25, 0.3) is 5.91 Å². The van der Waals surface area contributed by atoms with Gasteiger partial charge in [-0.1, -0.05) is 23.2 Å². The SMILES string of the molecule is O=C(N[C@H]1CCNC1)c1cc2c(Cl)cc(Cl)cc2s1. The average molecular weight is 315 g/mol. The number of carbonyl (C=O) groups is 1. The highest BCUT2D eigenvalue weighted by atomic mass is 35.5. The van der Waals surface area contributed by atoms with E-state index in [4.69, 9.17) is 23.2 Å². The summed E-state index contributed by atoms with van der Waals surface area (Å²) >= 11 is 13.5. The van der Waals surface area contributed by atoms with Crippen LogP contribution in [-0.2, 0) is 0 Å². The summed E-state index contributed by atoms with van der Waals surface area (Å²) in [5.74, 6) is -0.0397. The number of halogens is 2. The molecule has 0 radical (unpaired) electrons. The molecule has 3 rings (SSSR count). The fraction of sp³-hybridized carbons (Fsp3) is 0.308.